The predicted octanol–water partition coefficient (Wildman–Crippen LogP) is 5.69. The monoisotopic (exact) mass is 498 g/mol. The Bertz CT molecular complexity index is 1400. The molecule has 194 valence electrons. The fraction of sp³-hybridized carbons (Fsp3) is 0.467. The van der Waals surface area contributed by atoms with Crippen LogP contribution >= 0.6 is 0 Å². The van der Waals surface area contributed by atoms with Crippen LogP contribution in [0.15, 0.2) is 53.3 Å². The van der Waals surface area contributed by atoms with Crippen molar-refractivity contribution in [2.24, 2.45) is 5.92 Å². The Labute approximate surface area is 218 Å². The summed E-state index contributed by atoms with van der Waals surface area (Å²) in [4.78, 5) is 18.8. The number of H-pyrrole nitrogens is 1. The summed E-state index contributed by atoms with van der Waals surface area (Å²) < 4.78 is 2.07. The zero-order valence-corrected chi connectivity index (χ0v) is 22.4. The van der Waals surface area contributed by atoms with E-state index in [0.717, 1.165) is 48.1 Å². The minimum atomic E-state index is -0.0293. The van der Waals surface area contributed by atoms with Gasteiger partial charge in [-0.05, 0) is 89.7 Å². The lowest BCUT2D eigenvalue weighted by molar-refractivity contribution is 0.133. The van der Waals surface area contributed by atoms with Gasteiger partial charge in [0, 0.05) is 24.2 Å². The lowest BCUT2D eigenvalue weighted by Gasteiger charge is -2.34. The molecule has 1 aliphatic carbocycles. The second kappa shape index (κ2) is 11.0. The molecule has 0 bridgehead atoms. The summed E-state index contributed by atoms with van der Waals surface area (Å²) in [7, 11) is 0. The van der Waals surface area contributed by atoms with Crippen LogP contribution in [0.5, 0.6) is 0 Å². The molecular formula is C30H38N6O. The maximum atomic E-state index is 13.3. The number of aryl methyl sites for hydroxylation is 2. The van der Waals surface area contributed by atoms with E-state index < -0.39 is 0 Å². The zero-order valence-electron chi connectivity index (χ0n) is 22.4. The van der Waals surface area contributed by atoms with Crippen molar-refractivity contribution in [1.82, 2.24) is 30.1 Å². The molecule has 2 aromatic carbocycles. The molecule has 0 spiro atoms. The first-order chi connectivity index (χ1) is 17.9. The molecule has 1 saturated carbocycles. The summed E-state index contributed by atoms with van der Waals surface area (Å²) in [6.45, 7) is 9.98. The van der Waals surface area contributed by atoms with Crippen molar-refractivity contribution in [2.75, 3.05) is 6.54 Å². The van der Waals surface area contributed by atoms with E-state index in [4.69, 9.17) is 0 Å². The van der Waals surface area contributed by atoms with E-state index in [1.807, 2.05) is 6.07 Å². The van der Waals surface area contributed by atoms with Crippen LogP contribution in [0.3, 0.4) is 0 Å². The molecule has 5 rings (SSSR count). The third kappa shape index (κ3) is 5.52. The second-order valence-corrected chi connectivity index (χ2v) is 11.0. The topological polar surface area (TPSA) is 79.7 Å². The van der Waals surface area contributed by atoms with Crippen LogP contribution < -0.4 is 5.56 Å². The average molecular weight is 499 g/mol. The van der Waals surface area contributed by atoms with Crippen molar-refractivity contribution in [3.05, 3.63) is 87.0 Å². The number of hydrogen-bond donors (Lipinski definition) is 1. The number of nitrogens with zero attached hydrogens (tertiary/aromatic N) is 5. The third-order valence-electron chi connectivity index (χ3n) is 7.92. The van der Waals surface area contributed by atoms with Gasteiger partial charge in [0.05, 0.1) is 12.1 Å². The number of aromatic nitrogens is 5. The van der Waals surface area contributed by atoms with Crippen LogP contribution in [0.4, 0.5) is 0 Å². The van der Waals surface area contributed by atoms with Gasteiger partial charge in [0.1, 0.15) is 0 Å². The van der Waals surface area contributed by atoms with E-state index in [2.05, 4.69) is 100 Å². The zero-order chi connectivity index (χ0) is 25.9. The number of fused-ring (bicyclic) bond motifs is 1. The number of nitrogens with one attached hydrogen (secondary N) is 1. The highest BCUT2D eigenvalue weighted by atomic mass is 16.1. The Morgan fingerprint density at radius 1 is 1.05 bits per heavy atom. The SMILES string of the molecule is Cc1cc2cc(CN(CCc3ccccc3)[C@@H](c3nnnn3C3CCCC3)C(C)C)c(=O)[nH]c2cc1C. The third-order valence-corrected chi connectivity index (χ3v) is 7.92. The van der Waals surface area contributed by atoms with Gasteiger partial charge in [-0.1, -0.05) is 57.0 Å². The number of aromatic amines is 1. The minimum absolute atomic E-state index is 0.00540. The molecule has 0 radical (unpaired) electrons. The van der Waals surface area contributed by atoms with Gasteiger partial charge in [0.15, 0.2) is 5.82 Å². The van der Waals surface area contributed by atoms with E-state index >= 15 is 0 Å². The Morgan fingerprint density at radius 2 is 1.78 bits per heavy atom. The molecule has 1 aliphatic rings. The Balaban J connectivity index is 1.53. The van der Waals surface area contributed by atoms with E-state index in [-0.39, 0.29) is 17.5 Å². The normalized spacial score (nSPS) is 15.3. The van der Waals surface area contributed by atoms with E-state index in [9.17, 15) is 4.79 Å². The van der Waals surface area contributed by atoms with Crippen molar-refractivity contribution in [1.29, 1.82) is 0 Å². The van der Waals surface area contributed by atoms with Crippen molar-refractivity contribution in [3.8, 4) is 0 Å². The second-order valence-electron chi connectivity index (χ2n) is 11.0. The lowest BCUT2D eigenvalue weighted by Crippen LogP contribution is -2.37. The first-order valence-electron chi connectivity index (χ1n) is 13.6. The molecule has 1 N–H and O–H groups in total. The van der Waals surface area contributed by atoms with Gasteiger partial charge in [-0.3, -0.25) is 9.69 Å². The standard InChI is InChI=1S/C30H38N6O/c1-20(2)28(29-32-33-34-36(29)26-12-8-9-13-26)35(15-14-23-10-6-5-7-11-23)19-25-18-24-16-21(3)22(4)17-27(24)31-30(25)37/h5-7,10-11,16-18,20,26,28H,8-9,12-15,19H2,1-4H3,(H,31,37)/t28-/m1/s1. The summed E-state index contributed by atoms with van der Waals surface area (Å²) in [6.07, 6.45) is 5.57. The Morgan fingerprint density at radius 3 is 2.51 bits per heavy atom. The molecule has 1 fully saturated rings. The summed E-state index contributed by atoms with van der Waals surface area (Å²) in [5.74, 6) is 1.19. The summed E-state index contributed by atoms with van der Waals surface area (Å²) >= 11 is 0. The number of rotatable bonds is 9. The van der Waals surface area contributed by atoms with Crippen molar-refractivity contribution in [2.45, 2.75) is 78.4 Å². The molecule has 7 heteroatoms. The summed E-state index contributed by atoms with van der Waals surface area (Å²) in [5.41, 5.74) is 5.32. The van der Waals surface area contributed by atoms with Gasteiger partial charge in [-0.2, -0.15) is 0 Å². The van der Waals surface area contributed by atoms with Gasteiger partial charge in [0.2, 0.25) is 0 Å². The summed E-state index contributed by atoms with van der Waals surface area (Å²) in [5, 5.41) is 14.2. The predicted molar refractivity (Wildman–Crippen MR) is 147 cm³/mol. The maximum Gasteiger partial charge on any atom is 0.252 e. The van der Waals surface area contributed by atoms with Crippen molar-refractivity contribution < 1.29 is 0 Å². The fourth-order valence-electron chi connectivity index (χ4n) is 5.78. The van der Waals surface area contributed by atoms with Crippen LogP contribution in [0, 0.1) is 19.8 Å². The highest BCUT2D eigenvalue weighted by Crippen LogP contribution is 2.34. The first-order valence-corrected chi connectivity index (χ1v) is 13.6. The molecule has 4 aromatic rings. The van der Waals surface area contributed by atoms with Crippen molar-refractivity contribution in [3.63, 3.8) is 0 Å². The molecular weight excluding hydrogens is 460 g/mol. The van der Waals surface area contributed by atoms with Crippen LogP contribution in [0.1, 0.15) is 79.7 Å². The van der Waals surface area contributed by atoms with Gasteiger partial charge in [0.25, 0.3) is 5.56 Å². The van der Waals surface area contributed by atoms with Crippen molar-refractivity contribution >= 4 is 10.9 Å². The number of tetrazole rings is 1. The number of benzene rings is 2. The molecule has 37 heavy (non-hydrogen) atoms. The minimum Gasteiger partial charge on any atom is -0.322 e. The van der Waals surface area contributed by atoms with Crippen LogP contribution in [-0.4, -0.2) is 36.6 Å². The molecule has 0 amide bonds. The smallest absolute Gasteiger partial charge is 0.252 e. The Kier molecular flexibility index (Phi) is 7.51. The average Bonchev–Trinajstić information content (AvgIpc) is 3.57. The first kappa shape index (κ1) is 25.3. The molecule has 0 aliphatic heterocycles. The molecule has 2 heterocycles. The van der Waals surface area contributed by atoms with Gasteiger partial charge < -0.3 is 4.98 Å². The molecule has 7 nitrogen and oxygen atoms in total. The largest absolute Gasteiger partial charge is 0.322 e. The van der Waals surface area contributed by atoms with Crippen LogP contribution in [0.2, 0.25) is 0 Å². The highest BCUT2D eigenvalue weighted by Gasteiger charge is 2.32. The molecule has 0 unspecified atom stereocenters. The van der Waals surface area contributed by atoms with E-state index in [0.29, 0.717) is 12.6 Å². The molecule has 0 saturated heterocycles. The maximum absolute atomic E-state index is 13.3. The molecule has 2 aromatic heterocycles. The summed E-state index contributed by atoms with van der Waals surface area (Å²) in [6, 6.07) is 17.2. The number of hydrogen-bond acceptors (Lipinski definition) is 5. The lowest BCUT2D eigenvalue weighted by atomic mass is 9.99. The quantitative estimate of drug-likeness (QED) is 0.321. The Hall–Kier alpha value is -3.32. The van der Waals surface area contributed by atoms with E-state index in [1.54, 1.807) is 0 Å². The van der Waals surface area contributed by atoms with Crippen LogP contribution in [-0.2, 0) is 13.0 Å². The fourth-order valence-corrected chi connectivity index (χ4v) is 5.78. The van der Waals surface area contributed by atoms with Gasteiger partial charge >= 0.3 is 0 Å². The van der Waals surface area contributed by atoms with E-state index in [1.165, 1.54) is 29.5 Å². The van der Waals surface area contributed by atoms with Gasteiger partial charge in [-0.25, -0.2) is 4.68 Å². The van der Waals surface area contributed by atoms with Crippen LogP contribution in [0.25, 0.3) is 10.9 Å². The highest BCUT2D eigenvalue weighted by molar-refractivity contribution is 5.80. The van der Waals surface area contributed by atoms with Gasteiger partial charge in [-0.15, -0.1) is 5.10 Å². The number of pyridine rings is 1. The molecule has 1 atom stereocenters.